The van der Waals surface area contributed by atoms with Crippen molar-refractivity contribution in [2.75, 3.05) is 6.54 Å². The van der Waals surface area contributed by atoms with Crippen LogP contribution in [0.15, 0.2) is 54.7 Å². The van der Waals surface area contributed by atoms with Crippen molar-refractivity contribution >= 4 is 16.9 Å². The van der Waals surface area contributed by atoms with Crippen molar-refractivity contribution in [2.45, 2.75) is 45.2 Å². The maximum absolute atomic E-state index is 12.1. The molecular weight excluding hydrogens is 348 g/mol. The molecule has 2 heterocycles. The summed E-state index contributed by atoms with van der Waals surface area (Å²) in [4.78, 5) is 18.8. The van der Waals surface area contributed by atoms with Gasteiger partial charge in [-0.15, -0.1) is 0 Å². The third-order valence-corrected chi connectivity index (χ3v) is 5.70. The van der Waals surface area contributed by atoms with Gasteiger partial charge in [-0.05, 0) is 56.5 Å². The summed E-state index contributed by atoms with van der Waals surface area (Å²) in [6, 6.07) is 16.2. The molecule has 1 saturated heterocycles. The Morgan fingerprint density at radius 1 is 1.11 bits per heavy atom. The molecule has 28 heavy (non-hydrogen) atoms. The quantitative estimate of drug-likeness (QED) is 0.707. The van der Waals surface area contributed by atoms with E-state index < -0.39 is 12.0 Å². The minimum Gasteiger partial charge on any atom is -0.480 e. The number of aliphatic carboxylic acids is 1. The molecule has 4 nitrogen and oxygen atoms in total. The number of carboxylic acid groups (broad SMARTS) is 1. The Balaban J connectivity index is 1.94. The molecule has 2 aromatic carbocycles. The van der Waals surface area contributed by atoms with Gasteiger partial charge in [-0.25, -0.2) is 0 Å². The number of fused-ring (bicyclic) bond motifs is 1. The standard InChI is InChI=1S/C24H26N2O2/c1-16-13-17(2)15-18(14-16)23(26-12-6-5-9-22(26)24(27)28)20-10-11-25-21-8-4-3-7-19(20)21/h3-4,7-8,10-11,13-15,22-23H,5-6,9,12H2,1-2H3,(H,27,28). The summed E-state index contributed by atoms with van der Waals surface area (Å²) in [6.07, 6.45) is 4.52. The lowest BCUT2D eigenvalue weighted by Crippen LogP contribution is -2.46. The third kappa shape index (κ3) is 3.52. The van der Waals surface area contributed by atoms with Crippen LogP contribution in [-0.2, 0) is 4.79 Å². The Kier molecular flexibility index (Phi) is 5.14. The first-order chi connectivity index (χ1) is 13.5. The maximum atomic E-state index is 12.1. The van der Waals surface area contributed by atoms with E-state index >= 15 is 0 Å². The predicted molar refractivity (Wildman–Crippen MR) is 111 cm³/mol. The minimum absolute atomic E-state index is 0.104. The van der Waals surface area contributed by atoms with Crippen LogP contribution in [0.2, 0.25) is 0 Å². The zero-order valence-corrected chi connectivity index (χ0v) is 16.4. The van der Waals surface area contributed by atoms with Crippen molar-refractivity contribution in [3.63, 3.8) is 0 Å². The molecule has 1 fully saturated rings. The molecule has 0 saturated carbocycles. The van der Waals surface area contributed by atoms with E-state index in [-0.39, 0.29) is 6.04 Å². The Morgan fingerprint density at radius 3 is 2.61 bits per heavy atom. The Labute approximate surface area is 165 Å². The number of hydrogen-bond acceptors (Lipinski definition) is 3. The lowest BCUT2D eigenvalue weighted by Gasteiger charge is -2.40. The molecule has 3 aromatic rings. The second kappa shape index (κ2) is 7.72. The van der Waals surface area contributed by atoms with Gasteiger partial charge < -0.3 is 5.11 Å². The number of aromatic nitrogens is 1. The van der Waals surface area contributed by atoms with Gasteiger partial charge in [0.15, 0.2) is 0 Å². The average molecular weight is 374 g/mol. The Hall–Kier alpha value is -2.72. The molecule has 1 aliphatic rings. The molecule has 1 aromatic heterocycles. The van der Waals surface area contributed by atoms with Gasteiger partial charge in [0.2, 0.25) is 0 Å². The molecule has 0 radical (unpaired) electrons. The number of benzene rings is 2. The van der Waals surface area contributed by atoms with Gasteiger partial charge in [-0.3, -0.25) is 14.7 Å². The van der Waals surface area contributed by atoms with Crippen molar-refractivity contribution in [2.24, 2.45) is 0 Å². The van der Waals surface area contributed by atoms with Crippen LogP contribution in [0.3, 0.4) is 0 Å². The van der Waals surface area contributed by atoms with E-state index in [0.29, 0.717) is 6.42 Å². The minimum atomic E-state index is -0.729. The van der Waals surface area contributed by atoms with Gasteiger partial charge in [0, 0.05) is 11.6 Å². The van der Waals surface area contributed by atoms with E-state index in [2.05, 4.69) is 54.1 Å². The second-order valence-electron chi connectivity index (χ2n) is 7.83. The van der Waals surface area contributed by atoms with Gasteiger partial charge in [-0.1, -0.05) is 53.9 Å². The SMILES string of the molecule is Cc1cc(C)cc(C(c2ccnc3ccccc23)N2CCCCC2C(=O)O)c1. The second-order valence-corrected chi connectivity index (χ2v) is 7.83. The first-order valence-corrected chi connectivity index (χ1v) is 9.95. The molecule has 1 N–H and O–H groups in total. The van der Waals surface area contributed by atoms with Crippen LogP contribution in [0.25, 0.3) is 10.9 Å². The van der Waals surface area contributed by atoms with Crippen LogP contribution in [0, 0.1) is 13.8 Å². The van der Waals surface area contributed by atoms with Crippen LogP contribution < -0.4 is 0 Å². The summed E-state index contributed by atoms with van der Waals surface area (Å²) in [7, 11) is 0. The highest BCUT2D eigenvalue weighted by Crippen LogP contribution is 2.37. The van der Waals surface area contributed by atoms with Crippen molar-refractivity contribution in [3.8, 4) is 0 Å². The number of aryl methyl sites for hydroxylation is 2. The molecule has 0 spiro atoms. The van der Waals surface area contributed by atoms with Crippen LogP contribution >= 0.6 is 0 Å². The molecule has 144 valence electrons. The van der Waals surface area contributed by atoms with Crippen molar-refractivity contribution in [1.29, 1.82) is 0 Å². The summed E-state index contributed by atoms with van der Waals surface area (Å²) in [5.41, 5.74) is 5.62. The number of carbonyl (C=O) groups is 1. The Bertz CT molecular complexity index is 989. The summed E-state index contributed by atoms with van der Waals surface area (Å²) in [5, 5.41) is 11.0. The number of rotatable bonds is 4. The molecule has 4 heteroatoms. The average Bonchev–Trinajstić information content (AvgIpc) is 2.68. The lowest BCUT2D eigenvalue weighted by molar-refractivity contribution is -0.145. The van der Waals surface area contributed by atoms with Gasteiger partial charge >= 0.3 is 5.97 Å². The van der Waals surface area contributed by atoms with Crippen LogP contribution in [0.5, 0.6) is 0 Å². The number of hydrogen-bond donors (Lipinski definition) is 1. The summed E-state index contributed by atoms with van der Waals surface area (Å²) in [5.74, 6) is -0.729. The molecule has 0 bridgehead atoms. The number of para-hydroxylation sites is 1. The van der Waals surface area contributed by atoms with Crippen LogP contribution in [0.4, 0.5) is 0 Å². The fourth-order valence-corrected chi connectivity index (χ4v) is 4.60. The molecule has 1 aliphatic heterocycles. The monoisotopic (exact) mass is 374 g/mol. The van der Waals surface area contributed by atoms with E-state index in [1.54, 1.807) is 0 Å². The van der Waals surface area contributed by atoms with Crippen molar-refractivity contribution < 1.29 is 9.90 Å². The fourth-order valence-electron chi connectivity index (χ4n) is 4.60. The predicted octanol–water partition coefficient (Wildman–Crippen LogP) is 4.88. The number of piperidine rings is 1. The molecule has 4 rings (SSSR count). The number of carboxylic acids is 1. The van der Waals surface area contributed by atoms with E-state index in [4.69, 9.17) is 0 Å². The van der Waals surface area contributed by atoms with Crippen molar-refractivity contribution in [3.05, 3.63) is 77.0 Å². The maximum Gasteiger partial charge on any atom is 0.320 e. The number of likely N-dealkylation sites (tertiary alicyclic amines) is 1. The first kappa shape index (κ1) is 18.6. The Morgan fingerprint density at radius 2 is 1.86 bits per heavy atom. The summed E-state index contributed by atoms with van der Waals surface area (Å²) in [6.45, 7) is 4.98. The van der Waals surface area contributed by atoms with Gasteiger partial charge in [0.1, 0.15) is 6.04 Å². The normalized spacial score (nSPS) is 18.9. The first-order valence-electron chi connectivity index (χ1n) is 9.95. The number of pyridine rings is 1. The molecule has 0 amide bonds. The fraction of sp³-hybridized carbons (Fsp3) is 0.333. The van der Waals surface area contributed by atoms with E-state index in [1.165, 1.54) is 11.1 Å². The van der Waals surface area contributed by atoms with E-state index in [0.717, 1.165) is 41.4 Å². The topological polar surface area (TPSA) is 53.4 Å². The smallest absolute Gasteiger partial charge is 0.320 e. The summed E-state index contributed by atoms with van der Waals surface area (Å²) < 4.78 is 0. The largest absolute Gasteiger partial charge is 0.480 e. The highest BCUT2D eigenvalue weighted by atomic mass is 16.4. The third-order valence-electron chi connectivity index (χ3n) is 5.70. The zero-order chi connectivity index (χ0) is 19.7. The van der Waals surface area contributed by atoms with E-state index in [1.807, 2.05) is 24.4 Å². The molecule has 2 unspecified atom stereocenters. The molecule has 2 atom stereocenters. The highest BCUT2D eigenvalue weighted by molar-refractivity contribution is 5.83. The van der Waals surface area contributed by atoms with E-state index in [9.17, 15) is 9.90 Å². The zero-order valence-electron chi connectivity index (χ0n) is 16.4. The molecule has 0 aliphatic carbocycles. The van der Waals surface area contributed by atoms with Gasteiger partial charge in [0.05, 0.1) is 11.6 Å². The lowest BCUT2D eigenvalue weighted by atomic mass is 9.89. The van der Waals surface area contributed by atoms with Crippen LogP contribution in [0.1, 0.15) is 47.6 Å². The van der Waals surface area contributed by atoms with Gasteiger partial charge in [-0.2, -0.15) is 0 Å². The van der Waals surface area contributed by atoms with Crippen LogP contribution in [-0.4, -0.2) is 33.5 Å². The van der Waals surface area contributed by atoms with Gasteiger partial charge in [0.25, 0.3) is 0 Å². The summed E-state index contributed by atoms with van der Waals surface area (Å²) >= 11 is 0. The number of nitrogens with zero attached hydrogens (tertiary/aromatic N) is 2. The molecular formula is C24H26N2O2. The highest BCUT2D eigenvalue weighted by Gasteiger charge is 2.35. The van der Waals surface area contributed by atoms with Crippen molar-refractivity contribution in [1.82, 2.24) is 9.88 Å².